The van der Waals surface area contributed by atoms with Crippen LogP contribution >= 0.6 is 23.2 Å². The summed E-state index contributed by atoms with van der Waals surface area (Å²) in [6.45, 7) is 3.04. The maximum atomic E-state index is 12.2. The van der Waals surface area contributed by atoms with Crippen LogP contribution in [0.15, 0.2) is 18.2 Å². The van der Waals surface area contributed by atoms with Crippen LogP contribution in [0.3, 0.4) is 0 Å². The molecule has 0 aromatic heterocycles. The van der Waals surface area contributed by atoms with Crippen molar-refractivity contribution in [2.75, 3.05) is 13.2 Å². The molecule has 1 aliphatic rings. The number of hydrogen-bond donors (Lipinski definition) is 1. The summed E-state index contributed by atoms with van der Waals surface area (Å²) >= 11 is 11.9. The number of ether oxygens (including phenoxy) is 1. The van der Waals surface area contributed by atoms with Gasteiger partial charge in [-0.15, -0.1) is 0 Å². The minimum absolute atomic E-state index is 0.0903. The van der Waals surface area contributed by atoms with E-state index in [1.807, 2.05) is 11.8 Å². The van der Waals surface area contributed by atoms with Gasteiger partial charge in [-0.3, -0.25) is 4.79 Å². The summed E-state index contributed by atoms with van der Waals surface area (Å²) in [6, 6.07) is 5.59. The monoisotopic (exact) mass is 330 g/mol. The lowest BCUT2D eigenvalue weighted by molar-refractivity contribution is -0.135. The molecular weight excluding hydrogens is 311 g/mol. The lowest BCUT2D eigenvalue weighted by atomic mass is 9.99. The van der Waals surface area contributed by atoms with Crippen LogP contribution in [-0.4, -0.2) is 36.0 Å². The second-order valence-electron chi connectivity index (χ2n) is 5.37. The van der Waals surface area contributed by atoms with Crippen molar-refractivity contribution in [2.24, 2.45) is 5.73 Å². The maximum Gasteiger partial charge on any atom is 0.226 e. The minimum atomic E-state index is 0.0903. The van der Waals surface area contributed by atoms with Crippen molar-refractivity contribution in [1.82, 2.24) is 4.90 Å². The van der Waals surface area contributed by atoms with E-state index in [-0.39, 0.29) is 24.6 Å². The summed E-state index contributed by atoms with van der Waals surface area (Å²) in [5, 5.41) is 0.822. The lowest BCUT2D eigenvalue weighted by Gasteiger charge is -2.36. The molecule has 2 N–H and O–H groups in total. The fourth-order valence-electron chi connectivity index (χ4n) is 2.57. The van der Waals surface area contributed by atoms with Crippen LogP contribution in [0, 0.1) is 0 Å². The fraction of sp³-hybridized carbons (Fsp3) is 0.533. The van der Waals surface area contributed by atoms with Crippen molar-refractivity contribution in [3.63, 3.8) is 0 Å². The van der Waals surface area contributed by atoms with Crippen molar-refractivity contribution in [3.05, 3.63) is 28.2 Å². The molecule has 0 bridgehead atoms. The Labute approximate surface area is 135 Å². The van der Waals surface area contributed by atoms with Crippen LogP contribution < -0.4 is 10.5 Å². The number of piperidine rings is 1. The van der Waals surface area contributed by atoms with Crippen LogP contribution in [0.5, 0.6) is 5.75 Å². The molecule has 1 saturated heterocycles. The van der Waals surface area contributed by atoms with Crippen molar-refractivity contribution in [2.45, 2.75) is 38.3 Å². The van der Waals surface area contributed by atoms with Gasteiger partial charge in [0.1, 0.15) is 10.8 Å². The van der Waals surface area contributed by atoms with E-state index in [1.54, 1.807) is 18.2 Å². The predicted molar refractivity (Wildman–Crippen MR) is 85.0 cm³/mol. The summed E-state index contributed by atoms with van der Waals surface area (Å²) in [6.07, 6.45) is 2.03. The molecule has 6 heteroatoms. The van der Waals surface area contributed by atoms with Crippen molar-refractivity contribution >= 4 is 29.1 Å². The second kappa shape index (κ2) is 7.34. The molecule has 2 atom stereocenters. The van der Waals surface area contributed by atoms with Crippen LogP contribution in [0.1, 0.15) is 26.2 Å². The molecule has 1 aromatic rings. The van der Waals surface area contributed by atoms with Crippen LogP contribution in [0.4, 0.5) is 0 Å². The lowest BCUT2D eigenvalue weighted by Crippen LogP contribution is -2.48. The SMILES string of the molecule is C[C@@H]1C[C@H](N)CCN1C(=O)CCOc1cccc(Cl)c1Cl. The molecule has 2 rings (SSSR count). The van der Waals surface area contributed by atoms with E-state index in [9.17, 15) is 4.79 Å². The Kier molecular flexibility index (Phi) is 5.73. The van der Waals surface area contributed by atoms with E-state index in [0.29, 0.717) is 22.2 Å². The average Bonchev–Trinajstić information content (AvgIpc) is 2.43. The Hall–Kier alpha value is -0.970. The minimum Gasteiger partial charge on any atom is -0.491 e. The van der Waals surface area contributed by atoms with Gasteiger partial charge in [-0.05, 0) is 31.9 Å². The number of nitrogens with two attached hydrogens (primary N) is 1. The Bertz CT molecular complexity index is 510. The van der Waals surface area contributed by atoms with Gasteiger partial charge in [-0.1, -0.05) is 29.3 Å². The van der Waals surface area contributed by atoms with Gasteiger partial charge in [-0.2, -0.15) is 0 Å². The Balaban J connectivity index is 1.83. The standard InChI is InChI=1S/C15H20Cl2N2O2/c1-10-9-11(18)5-7-19(10)14(20)6-8-21-13-4-2-3-12(16)15(13)17/h2-4,10-11H,5-9,18H2,1H3/t10-,11-/m1/s1. The highest BCUT2D eigenvalue weighted by molar-refractivity contribution is 6.42. The molecule has 0 aliphatic carbocycles. The highest BCUT2D eigenvalue weighted by atomic mass is 35.5. The number of carbonyl (C=O) groups is 1. The smallest absolute Gasteiger partial charge is 0.226 e. The van der Waals surface area contributed by atoms with Crippen molar-refractivity contribution in [3.8, 4) is 5.75 Å². The Morgan fingerprint density at radius 1 is 1.48 bits per heavy atom. The first-order valence-electron chi connectivity index (χ1n) is 7.11. The predicted octanol–water partition coefficient (Wildman–Crippen LogP) is 3.10. The number of carbonyl (C=O) groups excluding carboxylic acids is 1. The van der Waals surface area contributed by atoms with Gasteiger partial charge in [0.05, 0.1) is 18.1 Å². The van der Waals surface area contributed by atoms with Crippen molar-refractivity contribution < 1.29 is 9.53 Å². The largest absolute Gasteiger partial charge is 0.491 e. The zero-order valence-corrected chi connectivity index (χ0v) is 13.5. The summed E-state index contributed by atoms with van der Waals surface area (Å²) in [5.74, 6) is 0.596. The number of nitrogens with zero attached hydrogens (tertiary/aromatic N) is 1. The van der Waals surface area contributed by atoms with Gasteiger partial charge in [0.2, 0.25) is 5.91 Å². The van der Waals surface area contributed by atoms with Gasteiger partial charge in [0.15, 0.2) is 0 Å². The highest BCUT2D eigenvalue weighted by Crippen LogP contribution is 2.31. The first-order chi connectivity index (χ1) is 9.99. The normalized spacial score (nSPS) is 22.2. The van der Waals surface area contributed by atoms with Crippen LogP contribution in [0.25, 0.3) is 0 Å². The Morgan fingerprint density at radius 2 is 2.24 bits per heavy atom. The zero-order valence-electron chi connectivity index (χ0n) is 12.0. The summed E-state index contributed by atoms with van der Waals surface area (Å²) < 4.78 is 5.55. The number of hydrogen-bond acceptors (Lipinski definition) is 3. The Morgan fingerprint density at radius 3 is 2.95 bits per heavy atom. The number of amides is 1. The van der Waals surface area contributed by atoms with Crippen LogP contribution in [0.2, 0.25) is 10.0 Å². The molecule has 0 spiro atoms. The van der Waals surface area contributed by atoms with E-state index in [0.717, 1.165) is 19.4 Å². The van der Waals surface area contributed by atoms with E-state index in [4.69, 9.17) is 33.7 Å². The van der Waals surface area contributed by atoms with Crippen molar-refractivity contribution in [1.29, 1.82) is 0 Å². The maximum absolute atomic E-state index is 12.2. The average molecular weight is 331 g/mol. The van der Waals surface area contributed by atoms with E-state index < -0.39 is 0 Å². The molecular formula is C15H20Cl2N2O2. The molecule has 1 fully saturated rings. The van der Waals surface area contributed by atoms with E-state index >= 15 is 0 Å². The number of halogens is 2. The summed E-state index contributed by atoms with van der Waals surface area (Å²) in [4.78, 5) is 14.1. The third-order valence-electron chi connectivity index (χ3n) is 3.73. The molecule has 0 saturated carbocycles. The number of rotatable bonds is 4. The van der Waals surface area contributed by atoms with Gasteiger partial charge < -0.3 is 15.4 Å². The molecule has 0 unspecified atom stereocenters. The van der Waals surface area contributed by atoms with E-state index in [1.165, 1.54) is 0 Å². The quantitative estimate of drug-likeness (QED) is 0.922. The number of benzene rings is 1. The van der Waals surface area contributed by atoms with Gasteiger partial charge in [0.25, 0.3) is 0 Å². The second-order valence-corrected chi connectivity index (χ2v) is 6.16. The molecule has 1 heterocycles. The van der Waals surface area contributed by atoms with Gasteiger partial charge >= 0.3 is 0 Å². The fourth-order valence-corrected chi connectivity index (χ4v) is 2.91. The number of likely N-dealkylation sites (tertiary alicyclic amines) is 1. The summed E-state index contributed by atoms with van der Waals surface area (Å²) in [5.41, 5.74) is 5.90. The van der Waals surface area contributed by atoms with Gasteiger partial charge in [-0.25, -0.2) is 0 Å². The highest BCUT2D eigenvalue weighted by Gasteiger charge is 2.26. The molecule has 116 valence electrons. The summed E-state index contributed by atoms with van der Waals surface area (Å²) in [7, 11) is 0. The van der Waals surface area contributed by atoms with Crippen LogP contribution in [-0.2, 0) is 4.79 Å². The van der Waals surface area contributed by atoms with Gasteiger partial charge in [0, 0.05) is 18.6 Å². The third kappa shape index (κ3) is 4.25. The first kappa shape index (κ1) is 16.4. The third-order valence-corrected chi connectivity index (χ3v) is 4.53. The molecule has 0 radical (unpaired) electrons. The zero-order chi connectivity index (χ0) is 15.4. The molecule has 1 aliphatic heterocycles. The van der Waals surface area contributed by atoms with E-state index in [2.05, 4.69) is 0 Å². The molecule has 1 amide bonds. The first-order valence-corrected chi connectivity index (χ1v) is 7.86. The molecule has 1 aromatic carbocycles. The molecule has 21 heavy (non-hydrogen) atoms. The molecule has 4 nitrogen and oxygen atoms in total. The topological polar surface area (TPSA) is 55.6 Å².